The van der Waals surface area contributed by atoms with E-state index in [2.05, 4.69) is 0 Å². The Morgan fingerprint density at radius 1 is 0.609 bits per heavy atom. The highest BCUT2D eigenvalue weighted by molar-refractivity contribution is 6.24. The van der Waals surface area contributed by atoms with Gasteiger partial charge in [-0.15, -0.1) is 0 Å². The molecule has 1 heterocycles. The minimum Gasteiger partial charge on any atom is -0.507 e. The lowest BCUT2D eigenvalue weighted by Gasteiger charge is -2.03. The van der Waals surface area contributed by atoms with Gasteiger partial charge in [0.25, 0.3) is 0 Å². The Balaban J connectivity index is 2.12. The summed E-state index contributed by atoms with van der Waals surface area (Å²) >= 11 is 0. The first-order valence-corrected chi connectivity index (χ1v) is 7.41. The van der Waals surface area contributed by atoms with Crippen LogP contribution in [0.25, 0.3) is 43.5 Å². The topological polar surface area (TPSA) is 53.6 Å². The van der Waals surface area contributed by atoms with E-state index in [9.17, 15) is 10.2 Å². The third-order valence-electron chi connectivity index (χ3n) is 4.45. The molecule has 5 rings (SSSR count). The van der Waals surface area contributed by atoms with Crippen molar-refractivity contribution in [1.29, 1.82) is 0 Å². The summed E-state index contributed by atoms with van der Waals surface area (Å²) in [4.78, 5) is 0. The molecule has 0 unspecified atom stereocenters. The standard InChI is InChI=1S/C20H12O3/c21-16-7-3-6-13-12(16)8-9-18-19(13)15-10-17(22)11-4-1-2-5-14(11)20(15)23-18/h1-10,21-22H. The van der Waals surface area contributed by atoms with Gasteiger partial charge in [0.15, 0.2) is 0 Å². The van der Waals surface area contributed by atoms with Crippen LogP contribution in [-0.4, -0.2) is 10.2 Å². The number of benzene rings is 4. The number of phenols is 2. The highest BCUT2D eigenvalue weighted by atomic mass is 16.3. The van der Waals surface area contributed by atoms with E-state index in [-0.39, 0.29) is 11.5 Å². The van der Waals surface area contributed by atoms with Gasteiger partial charge in [0, 0.05) is 26.9 Å². The van der Waals surface area contributed by atoms with Crippen molar-refractivity contribution in [3.05, 3.63) is 60.7 Å². The molecule has 0 saturated carbocycles. The fourth-order valence-corrected chi connectivity index (χ4v) is 3.42. The van der Waals surface area contributed by atoms with E-state index in [0.717, 1.165) is 43.5 Å². The Labute approximate surface area is 131 Å². The zero-order valence-corrected chi connectivity index (χ0v) is 12.1. The molecule has 0 aliphatic heterocycles. The van der Waals surface area contributed by atoms with Crippen LogP contribution in [0.15, 0.2) is 65.1 Å². The second-order valence-corrected chi connectivity index (χ2v) is 5.73. The fourth-order valence-electron chi connectivity index (χ4n) is 3.42. The Bertz CT molecular complexity index is 1230. The van der Waals surface area contributed by atoms with E-state index >= 15 is 0 Å². The summed E-state index contributed by atoms with van der Waals surface area (Å²) < 4.78 is 6.08. The van der Waals surface area contributed by atoms with E-state index < -0.39 is 0 Å². The predicted octanol–water partition coefficient (Wildman–Crippen LogP) is 5.30. The number of aromatic hydroxyl groups is 2. The summed E-state index contributed by atoms with van der Waals surface area (Å²) in [5, 5.41) is 25.6. The molecule has 0 fully saturated rings. The van der Waals surface area contributed by atoms with Gasteiger partial charge in [-0.3, -0.25) is 0 Å². The van der Waals surface area contributed by atoms with Crippen molar-refractivity contribution in [3.63, 3.8) is 0 Å². The van der Waals surface area contributed by atoms with Crippen LogP contribution < -0.4 is 0 Å². The molecule has 0 aliphatic rings. The van der Waals surface area contributed by atoms with Crippen LogP contribution in [0.1, 0.15) is 0 Å². The van der Waals surface area contributed by atoms with Crippen molar-refractivity contribution in [3.8, 4) is 11.5 Å². The molecule has 0 bridgehead atoms. The molecule has 5 aromatic rings. The van der Waals surface area contributed by atoms with E-state index in [1.807, 2.05) is 48.5 Å². The first-order valence-electron chi connectivity index (χ1n) is 7.41. The summed E-state index contributed by atoms with van der Waals surface area (Å²) in [5.74, 6) is 0.469. The summed E-state index contributed by atoms with van der Waals surface area (Å²) in [5.41, 5.74) is 1.50. The van der Waals surface area contributed by atoms with Crippen molar-refractivity contribution < 1.29 is 14.6 Å². The second kappa shape index (κ2) is 4.17. The Kier molecular flexibility index (Phi) is 2.24. The van der Waals surface area contributed by atoms with Crippen LogP contribution in [0, 0.1) is 0 Å². The van der Waals surface area contributed by atoms with Crippen molar-refractivity contribution in [2.24, 2.45) is 0 Å². The molecule has 3 heteroatoms. The van der Waals surface area contributed by atoms with Crippen LogP contribution in [-0.2, 0) is 0 Å². The molecule has 0 aliphatic carbocycles. The lowest BCUT2D eigenvalue weighted by atomic mass is 10.0. The second-order valence-electron chi connectivity index (χ2n) is 5.73. The highest BCUT2D eigenvalue weighted by Crippen LogP contribution is 2.42. The third kappa shape index (κ3) is 1.53. The highest BCUT2D eigenvalue weighted by Gasteiger charge is 2.15. The number of furan rings is 1. The minimum absolute atomic E-state index is 0.230. The van der Waals surface area contributed by atoms with Crippen LogP contribution in [0.5, 0.6) is 11.5 Å². The monoisotopic (exact) mass is 300 g/mol. The van der Waals surface area contributed by atoms with Gasteiger partial charge in [-0.2, -0.15) is 0 Å². The predicted molar refractivity (Wildman–Crippen MR) is 92.1 cm³/mol. The van der Waals surface area contributed by atoms with Crippen molar-refractivity contribution >= 4 is 43.5 Å². The van der Waals surface area contributed by atoms with E-state index in [0.29, 0.717) is 0 Å². The molecule has 0 spiro atoms. The summed E-state index contributed by atoms with van der Waals surface area (Å²) in [6.45, 7) is 0. The van der Waals surface area contributed by atoms with Crippen LogP contribution in [0.3, 0.4) is 0 Å². The summed E-state index contributed by atoms with van der Waals surface area (Å²) in [6, 6.07) is 18.6. The molecule has 0 radical (unpaired) electrons. The van der Waals surface area contributed by atoms with Gasteiger partial charge < -0.3 is 14.6 Å². The lowest BCUT2D eigenvalue weighted by molar-refractivity contribution is 0.481. The van der Waals surface area contributed by atoms with E-state index in [4.69, 9.17) is 4.42 Å². The number of hydrogen-bond donors (Lipinski definition) is 2. The lowest BCUT2D eigenvalue weighted by Crippen LogP contribution is -1.77. The summed E-state index contributed by atoms with van der Waals surface area (Å²) in [7, 11) is 0. The van der Waals surface area contributed by atoms with Gasteiger partial charge in [0.1, 0.15) is 22.7 Å². The Morgan fingerprint density at radius 2 is 1.35 bits per heavy atom. The van der Waals surface area contributed by atoms with Crippen LogP contribution in [0.2, 0.25) is 0 Å². The Morgan fingerprint density at radius 3 is 2.22 bits per heavy atom. The van der Waals surface area contributed by atoms with Gasteiger partial charge in [-0.05, 0) is 29.7 Å². The minimum atomic E-state index is 0.230. The van der Waals surface area contributed by atoms with Crippen molar-refractivity contribution in [2.45, 2.75) is 0 Å². The number of phenolic OH excluding ortho intramolecular Hbond substituents is 2. The number of rotatable bonds is 0. The molecular formula is C20H12O3. The molecule has 1 aromatic heterocycles. The maximum absolute atomic E-state index is 10.4. The number of fused-ring (bicyclic) bond motifs is 7. The normalized spacial score (nSPS) is 11.8. The maximum atomic E-state index is 10.4. The molecule has 0 saturated heterocycles. The average molecular weight is 300 g/mol. The molecule has 0 atom stereocenters. The van der Waals surface area contributed by atoms with Gasteiger partial charge in [-0.25, -0.2) is 0 Å². The molecule has 110 valence electrons. The third-order valence-corrected chi connectivity index (χ3v) is 4.45. The zero-order chi connectivity index (χ0) is 15.6. The van der Waals surface area contributed by atoms with Gasteiger partial charge in [0.05, 0.1) is 0 Å². The Hall–Kier alpha value is -3.20. The quantitative estimate of drug-likeness (QED) is 0.408. The van der Waals surface area contributed by atoms with Gasteiger partial charge in [-0.1, -0.05) is 36.4 Å². The molecule has 23 heavy (non-hydrogen) atoms. The molecular weight excluding hydrogens is 288 g/mol. The van der Waals surface area contributed by atoms with Crippen molar-refractivity contribution in [1.82, 2.24) is 0 Å². The molecule has 0 amide bonds. The molecule has 4 aromatic carbocycles. The summed E-state index contributed by atoms with van der Waals surface area (Å²) in [6.07, 6.45) is 0. The maximum Gasteiger partial charge on any atom is 0.143 e. The van der Waals surface area contributed by atoms with Gasteiger partial charge >= 0.3 is 0 Å². The van der Waals surface area contributed by atoms with Crippen LogP contribution in [0.4, 0.5) is 0 Å². The zero-order valence-electron chi connectivity index (χ0n) is 12.1. The van der Waals surface area contributed by atoms with Crippen LogP contribution >= 0.6 is 0 Å². The molecule has 2 N–H and O–H groups in total. The molecule has 3 nitrogen and oxygen atoms in total. The fraction of sp³-hybridized carbons (Fsp3) is 0. The first kappa shape index (κ1) is 12.4. The van der Waals surface area contributed by atoms with Crippen molar-refractivity contribution in [2.75, 3.05) is 0 Å². The first-order chi connectivity index (χ1) is 11.2. The largest absolute Gasteiger partial charge is 0.507 e. The number of hydrogen-bond acceptors (Lipinski definition) is 3. The van der Waals surface area contributed by atoms with E-state index in [1.165, 1.54) is 0 Å². The smallest absolute Gasteiger partial charge is 0.143 e. The average Bonchev–Trinajstić information content (AvgIpc) is 2.95. The van der Waals surface area contributed by atoms with E-state index in [1.54, 1.807) is 12.1 Å². The van der Waals surface area contributed by atoms with Gasteiger partial charge in [0.2, 0.25) is 0 Å². The SMILES string of the molecule is Oc1cc2c(oc3ccc4c(O)cccc4c32)c2ccccc12.